The Morgan fingerprint density at radius 3 is 2.65 bits per heavy atom. The summed E-state index contributed by atoms with van der Waals surface area (Å²) in [6.45, 7) is 0. The van der Waals surface area contributed by atoms with Crippen LogP contribution in [0.1, 0.15) is 25.1 Å². The summed E-state index contributed by atoms with van der Waals surface area (Å²) in [5.74, 6) is 1.05. The molecule has 0 atom stereocenters. The van der Waals surface area contributed by atoms with Crippen molar-refractivity contribution < 1.29 is 4.52 Å². The van der Waals surface area contributed by atoms with Crippen LogP contribution in [0.25, 0.3) is 11.6 Å². The molecule has 4 N–H and O–H groups in total. The average molecular weight is 232 g/mol. The van der Waals surface area contributed by atoms with Gasteiger partial charge in [0.1, 0.15) is 0 Å². The van der Waals surface area contributed by atoms with Gasteiger partial charge in [0, 0.05) is 12.4 Å². The lowest BCUT2D eigenvalue weighted by Gasteiger charge is -2.34. The van der Waals surface area contributed by atoms with Gasteiger partial charge in [-0.1, -0.05) is 5.16 Å². The van der Waals surface area contributed by atoms with Crippen molar-refractivity contribution in [2.24, 2.45) is 5.73 Å². The first-order valence-corrected chi connectivity index (χ1v) is 5.39. The van der Waals surface area contributed by atoms with E-state index in [4.69, 9.17) is 16.0 Å². The number of nitrogens with zero attached hydrogens (tertiary/aromatic N) is 4. The predicted octanol–water partition coefficient (Wildman–Crippen LogP) is 0.447. The molecule has 0 bridgehead atoms. The molecule has 3 rings (SSSR count). The van der Waals surface area contributed by atoms with Crippen molar-refractivity contribution in [3.63, 3.8) is 0 Å². The number of aromatic nitrogens is 4. The Bertz CT molecular complexity index is 547. The van der Waals surface area contributed by atoms with Crippen LogP contribution in [0.5, 0.6) is 0 Å². The molecule has 0 spiro atoms. The van der Waals surface area contributed by atoms with Crippen molar-refractivity contribution in [1.82, 2.24) is 20.1 Å². The van der Waals surface area contributed by atoms with E-state index in [1.54, 1.807) is 0 Å². The highest BCUT2D eigenvalue weighted by Crippen LogP contribution is 2.37. The van der Waals surface area contributed by atoms with Crippen molar-refractivity contribution in [3.05, 3.63) is 18.2 Å². The summed E-state index contributed by atoms with van der Waals surface area (Å²) in [4.78, 5) is 12.2. The molecule has 17 heavy (non-hydrogen) atoms. The monoisotopic (exact) mass is 232 g/mol. The molecule has 7 nitrogen and oxygen atoms in total. The highest BCUT2D eigenvalue weighted by molar-refractivity contribution is 5.61. The molecule has 7 heteroatoms. The van der Waals surface area contributed by atoms with E-state index < -0.39 is 5.54 Å². The molecule has 0 radical (unpaired) electrons. The summed E-state index contributed by atoms with van der Waals surface area (Å²) in [5.41, 5.74) is 11.7. The number of nitrogens with two attached hydrogens (primary N) is 2. The largest absolute Gasteiger partial charge is 0.382 e. The van der Waals surface area contributed by atoms with Gasteiger partial charge in [0.15, 0.2) is 17.3 Å². The number of rotatable bonds is 2. The zero-order valence-corrected chi connectivity index (χ0v) is 9.13. The molecule has 1 fully saturated rings. The maximum atomic E-state index is 6.10. The zero-order chi connectivity index (χ0) is 11.9. The molecule has 1 saturated carbocycles. The molecule has 1 aliphatic carbocycles. The molecular formula is C10H12N6O. The van der Waals surface area contributed by atoms with Crippen LogP contribution in [0.4, 0.5) is 5.82 Å². The number of anilines is 1. The molecular weight excluding hydrogens is 220 g/mol. The third kappa shape index (κ3) is 1.55. The second-order valence-corrected chi connectivity index (χ2v) is 4.22. The molecule has 0 aliphatic heterocycles. The predicted molar refractivity (Wildman–Crippen MR) is 59.5 cm³/mol. The molecule has 0 aromatic carbocycles. The standard InChI is InChI=1S/C10H12N6O/c11-7-6(13-4-5-14-7)8-15-9(16-17-8)10(12)2-1-3-10/h4-5H,1-3,12H2,(H2,11,14). The van der Waals surface area contributed by atoms with Crippen LogP contribution in [0.2, 0.25) is 0 Å². The number of hydrogen-bond acceptors (Lipinski definition) is 7. The Morgan fingerprint density at radius 1 is 1.24 bits per heavy atom. The van der Waals surface area contributed by atoms with E-state index >= 15 is 0 Å². The summed E-state index contributed by atoms with van der Waals surface area (Å²) < 4.78 is 5.13. The first-order chi connectivity index (χ1) is 8.19. The molecule has 0 unspecified atom stereocenters. The molecule has 0 saturated heterocycles. The summed E-state index contributed by atoms with van der Waals surface area (Å²) in [5, 5.41) is 3.89. The zero-order valence-electron chi connectivity index (χ0n) is 9.13. The topological polar surface area (TPSA) is 117 Å². The SMILES string of the molecule is Nc1nccnc1-c1nc(C2(N)CCC2)no1. The van der Waals surface area contributed by atoms with Gasteiger partial charge in [-0.25, -0.2) is 9.97 Å². The summed E-state index contributed by atoms with van der Waals surface area (Å²) >= 11 is 0. The summed E-state index contributed by atoms with van der Waals surface area (Å²) in [6.07, 6.45) is 5.88. The third-order valence-corrected chi connectivity index (χ3v) is 3.05. The fourth-order valence-corrected chi connectivity index (χ4v) is 1.82. The van der Waals surface area contributed by atoms with E-state index in [2.05, 4.69) is 20.1 Å². The minimum absolute atomic E-state index is 0.266. The first kappa shape index (κ1) is 10.2. The van der Waals surface area contributed by atoms with Crippen LogP contribution in [-0.2, 0) is 5.54 Å². The van der Waals surface area contributed by atoms with Crippen LogP contribution in [0.3, 0.4) is 0 Å². The highest BCUT2D eigenvalue weighted by Gasteiger charge is 2.39. The Morgan fingerprint density at radius 2 is 2.00 bits per heavy atom. The van der Waals surface area contributed by atoms with Crippen LogP contribution in [0, 0.1) is 0 Å². The van der Waals surface area contributed by atoms with Crippen molar-refractivity contribution in [2.75, 3.05) is 5.73 Å². The van der Waals surface area contributed by atoms with Crippen molar-refractivity contribution in [2.45, 2.75) is 24.8 Å². The Labute approximate surface area is 97.2 Å². The smallest absolute Gasteiger partial charge is 0.280 e. The van der Waals surface area contributed by atoms with Crippen LogP contribution in [-0.4, -0.2) is 20.1 Å². The lowest BCUT2D eigenvalue weighted by molar-refractivity contribution is 0.229. The Hall–Kier alpha value is -2.02. The normalized spacial score (nSPS) is 17.7. The minimum atomic E-state index is -0.446. The maximum absolute atomic E-state index is 6.10. The lowest BCUT2D eigenvalue weighted by atomic mass is 9.77. The second-order valence-electron chi connectivity index (χ2n) is 4.22. The lowest BCUT2D eigenvalue weighted by Crippen LogP contribution is -2.44. The van der Waals surface area contributed by atoms with Crippen molar-refractivity contribution in [3.8, 4) is 11.6 Å². The van der Waals surface area contributed by atoms with Crippen LogP contribution >= 0.6 is 0 Å². The molecule has 1 aliphatic rings. The Kier molecular flexibility index (Phi) is 2.08. The third-order valence-electron chi connectivity index (χ3n) is 3.05. The fraction of sp³-hybridized carbons (Fsp3) is 0.400. The Balaban J connectivity index is 1.98. The van der Waals surface area contributed by atoms with Gasteiger partial charge in [0.25, 0.3) is 5.89 Å². The van der Waals surface area contributed by atoms with E-state index in [0.717, 1.165) is 19.3 Å². The molecule has 2 aromatic rings. The summed E-state index contributed by atoms with van der Waals surface area (Å²) in [6, 6.07) is 0. The van der Waals surface area contributed by atoms with Gasteiger partial charge in [0.05, 0.1) is 5.54 Å². The van der Waals surface area contributed by atoms with Crippen LogP contribution in [0.15, 0.2) is 16.9 Å². The van der Waals surface area contributed by atoms with E-state index in [1.165, 1.54) is 12.4 Å². The molecule has 2 aromatic heterocycles. The average Bonchev–Trinajstić information content (AvgIpc) is 2.76. The van der Waals surface area contributed by atoms with Gasteiger partial charge in [0.2, 0.25) is 0 Å². The maximum Gasteiger partial charge on any atom is 0.280 e. The van der Waals surface area contributed by atoms with Gasteiger partial charge < -0.3 is 16.0 Å². The van der Waals surface area contributed by atoms with E-state index in [0.29, 0.717) is 11.5 Å². The minimum Gasteiger partial charge on any atom is -0.382 e. The second kappa shape index (κ2) is 3.49. The van der Waals surface area contributed by atoms with E-state index in [9.17, 15) is 0 Å². The van der Waals surface area contributed by atoms with Crippen LogP contribution < -0.4 is 11.5 Å². The molecule has 88 valence electrons. The molecule has 2 heterocycles. The van der Waals surface area contributed by atoms with Crippen molar-refractivity contribution >= 4 is 5.82 Å². The number of hydrogen-bond donors (Lipinski definition) is 2. The first-order valence-electron chi connectivity index (χ1n) is 5.39. The summed E-state index contributed by atoms with van der Waals surface area (Å²) in [7, 11) is 0. The van der Waals surface area contributed by atoms with Crippen molar-refractivity contribution in [1.29, 1.82) is 0 Å². The van der Waals surface area contributed by atoms with Gasteiger partial charge >= 0.3 is 0 Å². The quantitative estimate of drug-likeness (QED) is 0.771. The molecule has 0 amide bonds. The van der Waals surface area contributed by atoms with Gasteiger partial charge in [-0.05, 0) is 19.3 Å². The van der Waals surface area contributed by atoms with Gasteiger partial charge in [-0.3, -0.25) is 0 Å². The number of nitrogen functional groups attached to an aromatic ring is 1. The van der Waals surface area contributed by atoms with Gasteiger partial charge in [-0.2, -0.15) is 4.98 Å². The van der Waals surface area contributed by atoms with E-state index in [-0.39, 0.29) is 11.7 Å². The highest BCUT2D eigenvalue weighted by atomic mass is 16.5. The van der Waals surface area contributed by atoms with E-state index in [1.807, 2.05) is 0 Å². The van der Waals surface area contributed by atoms with Gasteiger partial charge in [-0.15, -0.1) is 0 Å². The fourth-order valence-electron chi connectivity index (χ4n) is 1.82.